The summed E-state index contributed by atoms with van der Waals surface area (Å²) in [5, 5.41) is 3.00. The number of carbonyl (C=O) groups excluding carboxylic acids is 3. The smallest absolute Gasteiger partial charge is 0.289 e. The van der Waals surface area contributed by atoms with Crippen molar-refractivity contribution in [3.63, 3.8) is 0 Å². The van der Waals surface area contributed by atoms with Gasteiger partial charge in [0.2, 0.25) is 11.8 Å². The van der Waals surface area contributed by atoms with E-state index in [4.69, 9.17) is 4.42 Å². The SMILES string of the molecule is CC(=O)N(C)Cc1ccccc1NC(=O)C1CCN(C(=O)c2ccco2)CC1. The van der Waals surface area contributed by atoms with Gasteiger partial charge in [-0.2, -0.15) is 0 Å². The fraction of sp³-hybridized carbons (Fsp3) is 0.381. The van der Waals surface area contributed by atoms with Gasteiger partial charge in [0, 0.05) is 45.2 Å². The van der Waals surface area contributed by atoms with Crippen molar-refractivity contribution in [3.05, 3.63) is 54.0 Å². The second-order valence-corrected chi connectivity index (χ2v) is 7.07. The van der Waals surface area contributed by atoms with Gasteiger partial charge in [0.15, 0.2) is 5.76 Å². The van der Waals surface area contributed by atoms with E-state index in [0.717, 1.165) is 11.3 Å². The molecule has 7 nitrogen and oxygen atoms in total. The lowest BCUT2D eigenvalue weighted by atomic mass is 9.95. The quantitative estimate of drug-likeness (QED) is 0.861. The molecule has 1 aromatic carbocycles. The number of nitrogens with one attached hydrogen (secondary N) is 1. The van der Waals surface area contributed by atoms with Gasteiger partial charge in [0.25, 0.3) is 5.91 Å². The molecule has 2 heterocycles. The molecular formula is C21H25N3O4. The highest BCUT2D eigenvalue weighted by Crippen LogP contribution is 2.23. The van der Waals surface area contributed by atoms with Gasteiger partial charge in [-0.3, -0.25) is 14.4 Å². The standard InChI is InChI=1S/C21H25N3O4/c1-15(25)23(2)14-17-6-3-4-7-18(17)22-20(26)16-9-11-24(12-10-16)21(27)19-8-5-13-28-19/h3-8,13,16H,9-12,14H2,1-2H3,(H,22,26). The van der Waals surface area contributed by atoms with Gasteiger partial charge < -0.3 is 19.5 Å². The van der Waals surface area contributed by atoms with Crippen LogP contribution in [-0.4, -0.2) is 47.7 Å². The third kappa shape index (κ3) is 4.60. The molecule has 0 atom stereocenters. The van der Waals surface area contributed by atoms with Crippen molar-refractivity contribution in [2.75, 3.05) is 25.5 Å². The highest BCUT2D eigenvalue weighted by atomic mass is 16.3. The summed E-state index contributed by atoms with van der Waals surface area (Å²) in [7, 11) is 1.73. The first kappa shape index (κ1) is 19.7. The van der Waals surface area contributed by atoms with Crippen molar-refractivity contribution in [1.29, 1.82) is 0 Å². The molecule has 0 unspecified atom stereocenters. The van der Waals surface area contributed by atoms with Crippen LogP contribution in [-0.2, 0) is 16.1 Å². The zero-order chi connectivity index (χ0) is 20.1. The normalized spacial score (nSPS) is 14.6. The van der Waals surface area contributed by atoms with Crippen LogP contribution in [0.4, 0.5) is 5.69 Å². The number of benzene rings is 1. The van der Waals surface area contributed by atoms with Gasteiger partial charge >= 0.3 is 0 Å². The summed E-state index contributed by atoms with van der Waals surface area (Å²) >= 11 is 0. The number of carbonyl (C=O) groups is 3. The third-order valence-corrected chi connectivity index (χ3v) is 5.11. The summed E-state index contributed by atoms with van der Waals surface area (Å²) in [6, 6.07) is 10.8. The van der Waals surface area contributed by atoms with E-state index in [1.165, 1.54) is 13.2 Å². The van der Waals surface area contributed by atoms with Crippen molar-refractivity contribution in [2.45, 2.75) is 26.3 Å². The van der Waals surface area contributed by atoms with Crippen molar-refractivity contribution in [2.24, 2.45) is 5.92 Å². The van der Waals surface area contributed by atoms with Gasteiger partial charge in [-0.25, -0.2) is 0 Å². The molecule has 148 valence electrons. The van der Waals surface area contributed by atoms with Gasteiger partial charge in [-0.05, 0) is 36.6 Å². The summed E-state index contributed by atoms with van der Waals surface area (Å²) < 4.78 is 5.16. The van der Waals surface area contributed by atoms with E-state index in [-0.39, 0.29) is 23.6 Å². The molecule has 3 rings (SSSR count). The molecule has 1 aliphatic heterocycles. The van der Waals surface area contributed by atoms with E-state index in [1.54, 1.807) is 29.0 Å². The summed E-state index contributed by atoms with van der Waals surface area (Å²) in [5.41, 5.74) is 1.61. The molecule has 1 aliphatic rings. The maximum Gasteiger partial charge on any atom is 0.289 e. The van der Waals surface area contributed by atoms with Crippen molar-refractivity contribution in [3.8, 4) is 0 Å². The molecule has 1 saturated heterocycles. The summed E-state index contributed by atoms with van der Waals surface area (Å²) in [6.45, 7) is 2.99. The molecule has 7 heteroatoms. The zero-order valence-corrected chi connectivity index (χ0v) is 16.2. The number of para-hydroxylation sites is 1. The summed E-state index contributed by atoms with van der Waals surface area (Å²) in [5.74, 6) is -0.0510. The van der Waals surface area contributed by atoms with Crippen molar-refractivity contribution >= 4 is 23.4 Å². The first-order valence-electron chi connectivity index (χ1n) is 9.39. The number of likely N-dealkylation sites (tertiary alicyclic amines) is 1. The topological polar surface area (TPSA) is 82.9 Å². The number of anilines is 1. The van der Waals surface area contributed by atoms with E-state index in [1.807, 2.05) is 24.3 Å². The molecule has 0 saturated carbocycles. The third-order valence-electron chi connectivity index (χ3n) is 5.11. The van der Waals surface area contributed by atoms with Crippen LogP contribution in [0.25, 0.3) is 0 Å². The average molecular weight is 383 g/mol. The first-order chi connectivity index (χ1) is 13.5. The van der Waals surface area contributed by atoms with Gasteiger partial charge in [-0.1, -0.05) is 18.2 Å². The predicted molar refractivity (Wildman–Crippen MR) is 105 cm³/mol. The molecule has 0 radical (unpaired) electrons. The molecular weight excluding hydrogens is 358 g/mol. The number of rotatable bonds is 5. The van der Waals surface area contributed by atoms with Crippen LogP contribution in [0.2, 0.25) is 0 Å². The molecule has 0 aliphatic carbocycles. The Morgan fingerprint density at radius 1 is 1.14 bits per heavy atom. The molecule has 28 heavy (non-hydrogen) atoms. The van der Waals surface area contributed by atoms with Crippen LogP contribution in [0, 0.1) is 5.92 Å². The number of nitrogens with zero attached hydrogens (tertiary/aromatic N) is 2. The van der Waals surface area contributed by atoms with Crippen LogP contribution in [0.5, 0.6) is 0 Å². The minimum absolute atomic E-state index is 0.0327. The van der Waals surface area contributed by atoms with Crippen molar-refractivity contribution in [1.82, 2.24) is 9.80 Å². The molecule has 0 bridgehead atoms. The number of amides is 3. The lowest BCUT2D eigenvalue weighted by molar-refractivity contribution is -0.128. The van der Waals surface area contributed by atoms with Crippen LogP contribution < -0.4 is 5.32 Å². The number of furan rings is 1. The lowest BCUT2D eigenvalue weighted by Gasteiger charge is -2.31. The fourth-order valence-electron chi connectivity index (χ4n) is 3.28. The Hall–Kier alpha value is -3.09. The molecule has 1 N–H and O–H groups in total. The highest BCUT2D eigenvalue weighted by molar-refractivity contribution is 5.94. The van der Waals surface area contributed by atoms with Gasteiger partial charge in [0.1, 0.15) is 0 Å². The molecule has 1 aromatic heterocycles. The Morgan fingerprint density at radius 2 is 1.86 bits per heavy atom. The van der Waals surface area contributed by atoms with E-state index in [2.05, 4.69) is 5.32 Å². The maximum atomic E-state index is 12.7. The minimum Gasteiger partial charge on any atom is -0.459 e. The highest BCUT2D eigenvalue weighted by Gasteiger charge is 2.29. The van der Waals surface area contributed by atoms with E-state index >= 15 is 0 Å². The maximum absolute atomic E-state index is 12.7. The van der Waals surface area contributed by atoms with Crippen LogP contribution in [0.1, 0.15) is 35.9 Å². The Bertz CT molecular complexity index is 839. The van der Waals surface area contributed by atoms with Crippen LogP contribution >= 0.6 is 0 Å². The van der Waals surface area contributed by atoms with E-state index in [9.17, 15) is 14.4 Å². The van der Waals surface area contributed by atoms with E-state index in [0.29, 0.717) is 38.2 Å². The number of hydrogen-bond donors (Lipinski definition) is 1. The van der Waals surface area contributed by atoms with Crippen molar-refractivity contribution < 1.29 is 18.8 Å². The van der Waals surface area contributed by atoms with Crippen LogP contribution in [0.3, 0.4) is 0 Å². The van der Waals surface area contributed by atoms with Gasteiger partial charge in [0.05, 0.1) is 6.26 Å². The molecule has 0 spiro atoms. The monoisotopic (exact) mass is 383 g/mol. The Morgan fingerprint density at radius 3 is 2.50 bits per heavy atom. The molecule has 1 fully saturated rings. The largest absolute Gasteiger partial charge is 0.459 e. The average Bonchev–Trinajstić information content (AvgIpc) is 3.23. The first-order valence-corrected chi connectivity index (χ1v) is 9.39. The Kier molecular flexibility index (Phi) is 6.13. The van der Waals surface area contributed by atoms with E-state index < -0.39 is 0 Å². The predicted octanol–water partition coefficient (Wildman–Crippen LogP) is 2.75. The lowest BCUT2D eigenvalue weighted by Crippen LogP contribution is -2.41. The summed E-state index contributed by atoms with van der Waals surface area (Å²) in [6.07, 6.45) is 2.69. The number of hydrogen-bond acceptors (Lipinski definition) is 4. The van der Waals surface area contributed by atoms with Gasteiger partial charge in [-0.15, -0.1) is 0 Å². The molecule has 3 amide bonds. The summed E-state index contributed by atoms with van der Waals surface area (Å²) in [4.78, 5) is 39.9. The second-order valence-electron chi connectivity index (χ2n) is 7.07. The zero-order valence-electron chi connectivity index (χ0n) is 16.2. The minimum atomic E-state index is -0.153. The fourth-order valence-corrected chi connectivity index (χ4v) is 3.28. The van der Waals surface area contributed by atoms with Crippen LogP contribution in [0.15, 0.2) is 47.1 Å². The second kappa shape index (κ2) is 8.73. The molecule has 2 aromatic rings. The Labute approximate surface area is 164 Å². The Balaban J connectivity index is 1.58. The number of piperidine rings is 1.